The van der Waals surface area contributed by atoms with Crippen LogP contribution >= 0.6 is 0 Å². The Balaban J connectivity index is 1.68. The SMILES string of the molecule is CNC(O)c1ccc(-c2nc3cc(C)ccn3c2CC2CCN(C(=O)OC)CC2)c(C)c1. The van der Waals surface area contributed by atoms with Crippen molar-refractivity contribution in [2.24, 2.45) is 5.92 Å². The molecule has 0 radical (unpaired) electrons. The maximum atomic E-state index is 11.8. The van der Waals surface area contributed by atoms with E-state index in [-0.39, 0.29) is 6.09 Å². The van der Waals surface area contributed by atoms with Crippen LogP contribution in [0.1, 0.15) is 41.5 Å². The third-order valence-electron chi connectivity index (χ3n) is 6.50. The zero-order chi connectivity index (χ0) is 22.8. The Morgan fingerprint density at radius 1 is 1.25 bits per heavy atom. The number of nitrogens with one attached hydrogen (secondary N) is 1. The highest BCUT2D eigenvalue weighted by Crippen LogP contribution is 2.32. The second-order valence-corrected chi connectivity index (χ2v) is 8.71. The number of aromatic nitrogens is 2. The number of imidazole rings is 1. The quantitative estimate of drug-likeness (QED) is 0.594. The van der Waals surface area contributed by atoms with Crippen LogP contribution in [0.4, 0.5) is 4.79 Å². The number of likely N-dealkylation sites (tertiary alicyclic amines) is 1. The Morgan fingerprint density at radius 3 is 2.66 bits per heavy atom. The van der Waals surface area contributed by atoms with Gasteiger partial charge >= 0.3 is 6.09 Å². The van der Waals surface area contributed by atoms with E-state index in [2.05, 4.69) is 48.0 Å². The van der Waals surface area contributed by atoms with Crippen LogP contribution in [0.3, 0.4) is 0 Å². The number of rotatable bonds is 5. The average Bonchev–Trinajstić information content (AvgIpc) is 3.15. The fourth-order valence-corrected chi connectivity index (χ4v) is 4.62. The first kappa shape index (κ1) is 22.3. The summed E-state index contributed by atoms with van der Waals surface area (Å²) in [4.78, 5) is 18.6. The van der Waals surface area contributed by atoms with Crippen molar-refractivity contribution >= 4 is 11.7 Å². The fourth-order valence-electron chi connectivity index (χ4n) is 4.62. The van der Waals surface area contributed by atoms with E-state index in [1.54, 1.807) is 11.9 Å². The molecule has 1 atom stereocenters. The van der Waals surface area contributed by atoms with Gasteiger partial charge in [-0.05, 0) is 74.9 Å². The van der Waals surface area contributed by atoms with Crippen LogP contribution in [0.2, 0.25) is 0 Å². The van der Waals surface area contributed by atoms with E-state index in [1.807, 2.05) is 12.1 Å². The fraction of sp³-hybridized carbons (Fsp3) is 0.440. The lowest BCUT2D eigenvalue weighted by Gasteiger charge is -2.31. The standard InChI is InChI=1S/C25H32N4O3/c1-16-7-12-29-21(15-18-8-10-28(11-9-18)25(31)32-4)23(27-22(29)13-16)20-6-5-19(14-17(20)2)24(30)26-3/h5-7,12-14,18,24,26,30H,8-11,15H2,1-4H3. The van der Waals surface area contributed by atoms with Crippen molar-refractivity contribution < 1.29 is 14.6 Å². The predicted octanol–water partition coefficient (Wildman–Crippen LogP) is 3.85. The number of hydrogen-bond donors (Lipinski definition) is 2. The molecular weight excluding hydrogens is 404 g/mol. The summed E-state index contributed by atoms with van der Waals surface area (Å²) >= 11 is 0. The number of ether oxygens (including phenoxy) is 1. The molecule has 0 bridgehead atoms. The lowest BCUT2D eigenvalue weighted by atomic mass is 9.90. The van der Waals surface area contributed by atoms with Crippen LogP contribution in [-0.2, 0) is 11.2 Å². The number of carbonyl (C=O) groups excluding carboxylic acids is 1. The second-order valence-electron chi connectivity index (χ2n) is 8.71. The van der Waals surface area contributed by atoms with E-state index in [0.29, 0.717) is 5.92 Å². The molecule has 0 spiro atoms. The molecule has 1 fully saturated rings. The minimum Gasteiger partial charge on any atom is -0.453 e. The minimum absolute atomic E-state index is 0.242. The van der Waals surface area contributed by atoms with Crippen molar-refractivity contribution in [2.75, 3.05) is 27.2 Å². The molecule has 2 aromatic heterocycles. The molecule has 3 aromatic rings. The monoisotopic (exact) mass is 436 g/mol. The summed E-state index contributed by atoms with van der Waals surface area (Å²) < 4.78 is 7.07. The minimum atomic E-state index is -0.689. The molecule has 1 aliphatic rings. The summed E-state index contributed by atoms with van der Waals surface area (Å²) in [6.45, 7) is 5.58. The van der Waals surface area contributed by atoms with Crippen molar-refractivity contribution in [1.29, 1.82) is 0 Å². The average molecular weight is 437 g/mol. The predicted molar refractivity (Wildman–Crippen MR) is 125 cm³/mol. The van der Waals surface area contributed by atoms with Crippen molar-refractivity contribution in [1.82, 2.24) is 19.6 Å². The van der Waals surface area contributed by atoms with Gasteiger partial charge in [-0.25, -0.2) is 9.78 Å². The van der Waals surface area contributed by atoms with Gasteiger partial charge in [-0.1, -0.05) is 18.2 Å². The van der Waals surface area contributed by atoms with Crippen LogP contribution < -0.4 is 5.32 Å². The molecular formula is C25H32N4O3. The molecule has 2 N–H and O–H groups in total. The molecule has 1 unspecified atom stereocenters. The largest absolute Gasteiger partial charge is 0.453 e. The van der Waals surface area contributed by atoms with Crippen molar-refractivity contribution in [3.8, 4) is 11.3 Å². The van der Waals surface area contributed by atoms with Crippen molar-refractivity contribution in [3.05, 3.63) is 58.9 Å². The smallest absolute Gasteiger partial charge is 0.409 e. The third-order valence-corrected chi connectivity index (χ3v) is 6.50. The van der Waals surface area contributed by atoms with Gasteiger partial charge in [0.15, 0.2) is 0 Å². The van der Waals surface area contributed by atoms with Crippen LogP contribution in [0.5, 0.6) is 0 Å². The molecule has 1 amide bonds. The molecule has 7 heteroatoms. The highest BCUT2D eigenvalue weighted by molar-refractivity contribution is 5.70. The topological polar surface area (TPSA) is 79.1 Å². The van der Waals surface area contributed by atoms with Gasteiger partial charge in [-0.15, -0.1) is 0 Å². The summed E-state index contributed by atoms with van der Waals surface area (Å²) in [7, 11) is 3.17. The first-order valence-electron chi connectivity index (χ1n) is 11.2. The van der Waals surface area contributed by atoms with Gasteiger partial charge in [-0.2, -0.15) is 0 Å². The number of fused-ring (bicyclic) bond motifs is 1. The van der Waals surface area contributed by atoms with Crippen molar-refractivity contribution in [3.63, 3.8) is 0 Å². The first-order valence-corrected chi connectivity index (χ1v) is 11.2. The highest BCUT2D eigenvalue weighted by Gasteiger charge is 2.26. The van der Waals surface area contributed by atoms with Crippen molar-refractivity contribution in [2.45, 2.75) is 39.3 Å². The first-order chi connectivity index (χ1) is 15.4. The Hall–Kier alpha value is -2.90. The van der Waals surface area contributed by atoms with E-state index >= 15 is 0 Å². The summed E-state index contributed by atoms with van der Waals surface area (Å²) in [5.41, 5.74) is 7.32. The molecule has 3 heterocycles. The van der Waals surface area contributed by atoms with Crippen LogP contribution in [0, 0.1) is 19.8 Å². The van der Waals surface area contributed by atoms with Crippen LogP contribution in [0.25, 0.3) is 16.9 Å². The normalized spacial score (nSPS) is 15.8. The van der Waals surface area contributed by atoms with Crippen LogP contribution in [-0.4, -0.2) is 52.7 Å². The Bertz CT molecular complexity index is 1120. The zero-order valence-corrected chi connectivity index (χ0v) is 19.3. The Morgan fingerprint density at radius 2 is 2.00 bits per heavy atom. The number of methoxy groups -OCH3 is 1. The van der Waals surface area contributed by atoms with E-state index in [1.165, 1.54) is 18.4 Å². The summed E-state index contributed by atoms with van der Waals surface area (Å²) in [5, 5.41) is 13.0. The summed E-state index contributed by atoms with van der Waals surface area (Å²) in [6.07, 6.45) is 3.96. The molecule has 7 nitrogen and oxygen atoms in total. The number of hydrogen-bond acceptors (Lipinski definition) is 5. The van der Waals surface area contributed by atoms with Gasteiger partial charge in [0.25, 0.3) is 0 Å². The van der Waals surface area contributed by atoms with E-state index in [4.69, 9.17) is 9.72 Å². The number of nitrogens with zero attached hydrogens (tertiary/aromatic N) is 3. The van der Waals surface area contributed by atoms with Crippen LogP contribution in [0.15, 0.2) is 36.5 Å². The van der Waals surface area contributed by atoms with Gasteiger partial charge in [0.1, 0.15) is 11.9 Å². The zero-order valence-electron chi connectivity index (χ0n) is 19.3. The van der Waals surface area contributed by atoms with E-state index in [0.717, 1.165) is 60.4 Å². The third kappa shape index (κ3) is 4.36. The number of amides is 1. The van der Waals surface area contributed by atoms with E-state index in [9.17, 15) is 9.90 Å². The number of aliphatic hydroxyl groups is 1. The van der Waals surface area contributed by atoms with Gasteiger partial charge < -0.3 is 19.1 Å². The van der Waals surface area contributed by atoms with Gasteiger partial charge in [-0.3, -0.25) is 5.32 Å². The number of aryl methyl sites for hydroxylation is 2. The van der Waals surface area contributed by atoms with Gasteiger partial charge in [0.05, 0.1) is 18.5 Å². The Labute approximate surface area is 189 Å². The Kier molecular flexibility index (Phi) is 6.48. The van der Waals surface area contributed by atoms with Gasteiger partial charge in [0, 0.05) is 24.8 Å². The molecule has 170 valence electrons. The number of benzene rings is 1. The number of piperidine rings is 1. The molecule has 1 aromatic carbocycles. The summed E-state index contributed by atoms with van der Waals surface area (Å²) in [6, 6.07) is 10.3. The highest BCUT2D eigenvalue weighted by atomic mass is 16.5. The molecule has 4 rings (SSSR count). The molecule has 1 saturated heterocycles. The van der Waals surface area contributed by atoms with Gasteiger partial charge in [0.2, 0.25) is 0 Å². The molecule has 1 aliphatic heterocycles. The molecule has 32 heavy (non-hydrogen) atoms. The maximum absolute atomic E-state index is 11.8. The summed E-state index contributed by atoms with van der Waals surface area (Å²) in [5.74, 6) is 0.474. The second kappa shape index (κ2) is 9.30. The molecule has 0 saturated carbocycles. The van der Waals surface area contributed by atoms with E-state index < -0.39 is 6.23 Å². The lowest BCUT2D eigenvalue weighted by Crippen LogP contribution is -2.38. The number of pyridine rings is 1. The maximum Gasteiger partial charge on any atom is 0.409 e. The number of carbonyl (C=O) groups is 1. The number of aliphatic hydroxyl groups excluding tert-OH is 1. The lowest BCUT2D eigenvalue weighted by molar-refractivity contribution is 0.106. The molecule has 0 aliphatic carbocycles.